The van der Waals surface area contributed by atoms with Crippen molar-refractivity contribution in [3.8, 4) is 5.69 Å². The Balaban J connectivity index is 1.75. The quantitative estimate of drug-likeness (QED) is 0.468. The molecule has 3 aromatic rings. The molecule has 1 fully saturated rings. The van der Waals surface area contributed by atoms with E-state index in [4.69, 9.17) is 10.1 Å². The van der Waals surface area contributed by atoms with E-state index in [0.717, 1.165) is 51.9 Å². The number of benzene rings is 1. The van der Waals surface area contributed by atoms with Crippen LogP contribution < -0.4 is 4.90 Å². The van der Waals surface area contributed by atoms with Crippen LogP contribution >= 0.6 is 31.9 Å². The number of halogens is 2. The van der Waals surface area contributed by atoms with Gasteiger partial charge in [0.05, 0.1) is 5.69 Å². The number of pyridine rings is 1. The Morgan fingerprint density at radius 2 is 1.90 bits per heavy atom. The van der Waals surface area contributed by atoms with Crippen LogP contribution in [0, 0.1) is 19.8 Å². The average molecular weight is 521 g/mol. The monoisotopic (exact) mass is 519 g/mol. The van der Waals surface area contributed by atoms with Crippen molar-refractivity contribution in [1.29, 1.82) is 0 Å². The van der Waals surface area contributed by atoms with Gasteiger partial charge in [-0.15, -0.1) is 0 Å². The standard InChI is InChI=1S/C22H23Br2N3O2/c1-13-12-27(18-4-3-16(23)11-17(18)24)22-21(13)19(9-14(2)25-22)26-7-5-15(6-8-26)10-20(28)29/h3-4,9,11-12,15H,5-8,10H2,1-2H3,(H,28,29). The number of nitrogens with zero attached hydrogens (tertiary/aromatic N) is 3. The molecule has 1 aliphatic heterocycles. The molecule has 7 heteroatoms. The van der Waals surface area contributed by atoms with E-state index in [1.165, 1.54) is 16.6 Å². The highest BCUT2D eigenvalue weighted by atomic mass is 79.9. The fourth-order valence-corrected chi connectivity index (χ4v) is 5.48. The minimum absolute atomic E-state index is 0.269. The predicted molar refractivity (Wildman–Crippen MR) is 123 cm³/mol. The number of fused-ring (bicyclic) bond motifs is 1. The normalized spacial score (nSPS) is 15.2. The van der Waals surface area contributed by atoms with Crippen LogP contribution in [0.3, 0.4) is 0 Å². The molecule has 4 rings (SSSR count). The summed E-state index contributed by atoms with van der Waals surface area (Å²) in [6.07, 6.45) is 4.23. The maximum absolute atomic E-state index is 11.0. The Bertz CT molecular complexity index is 1090. The Labute approximate surface area is 187 Å². The lowest BCUT2D eigenvalue weighted by Gasteiger charge is -2.33. The summed E-state index contributed by atoms with van der Waals surface area (Å²) >= 11 is 7.20. The summed E-state index contributed by atoms with van der Waals surface area (Å²) in [6, 6.07) is 8.31. The number of carboxylic acids is 1. The summed E-state index contributed by atoms with van der Waals surface area (Å²) in [4.78, 5) is 18.3. The maximum Gasteiger partial charge on any atom is 0.303 e. The molecule has 29 heavy (non-hydrogen) atoms. The van der Waals surface area contributed by atoms with E-state index in [-0.39, 0.29) is 12.3 Å². The third-order valence-electron chi connectivity index (χ3n) is 5.64. The van der Waals surface area contributed by atoms with Gasteiger partial charge in [0.25, 0.3) is 0 Å². The van der Waals surface area contributed by atoms with Gasteiger partial charge in [-0.1, -0.05) is 15.9 Å². The summed E-state index contributed by atoms with van der Waals surface area (Å²) in [5, 5.41) is 10.3. The molecule has 0 atom stereocenters. The van der Waals surface area contributed by atoms with Crippen LogP contribution in [-0.4, -0.2) is 33.7 Å². The van der Waals surface area contributed by atoms with Gasteiger partial charge in [0.2, 0.25) is 0 Å². The Morgan fingerprint density at radius 3 is 2.55 bits per heavy atom. The van der Waals surface area contributed by atoms with Gasteiger partial charge in [-0.05, 0) is 78.4 Å². The molecule has 0 amide bonds. The van der Waals surface area contributed by atoms with E-state index < -0.39 is 5.97 Å². The predicted octanol–water partition coefficient (Wildman–Crippen LogP) is 5.86. The molecular formula is C22H23Br2N3O2. The van der Waals surface area contributed by atoms with E-state index in [1.54, 1.807) is 0 Å². The Hall–Kier alpha value is -1.86. The number of aryl methyl sites for hydroxylation is 2. The maximum atomic E-state index is 11.0. The van der Waals surface area contributed by atoms with E-state index >= 15 is 0 Å². The van der Waals surface area contributed by atoms with Crippen LogP contribution in [0.2, 0.25) is 0 Å². The van der Waals surface area contributed by atoms with Gasteiger partial charge in [0, 0.05) is 51.4 Å². The van der Waals surface area contributed by atoms with Gasteiger partial charge in [0.15, 0.2) is 0 Å². The molecular weight excluding hydrogens is 498 g/mol. The third kappa shape index (κ3) is 4.08. The molecule has 0 radical (unpaired) electrons. The van der Waals surface area contributed by atoms with Crippen LogP contribution in [-0.2, 0) is 4.79 Å². The summed E-state index contributed by atoms with van der Waals surface area (Å²) in [7, 11) is 0. The van der Waals surface area contributed by atoms with Crippen LogP contribution in [0.5, 0.6) is 0 Å². The van der Waals surface area contributed by atoms with Crippen molar-refractivity contribution in [3.05, 3.63) is 50.7 Å². The summed E-state index contributed by atoms with van der Waals surface area (Å²) in [6.45, 7) is 5.92. The summed E-state index contributed by atoms with van der Waals surface area (Å²) < 4.78 is 4.17. The second-order valence-corrected chi connectivity index (χ2v) is 9.56. The van der Waals surface area contributed by atoms with E-state index in [0.29, 0.717) is 0 Å². The Kier molecular flexibility index (Phi) is 5.71. The molecule has 1 N–H and O–H groups in total. The van der Waals surface area contributed by atoms with Crippen molar-refractivity contribution < 1.29 is 9.90 Å². The van der Waals surface area contributed by atoms with Crippen molar-refractivity contribution in [2.45, 2.75) is 33.1 Å². The zero-order valence-corrected chi connectivity index (χ0v) is 19.6. The van der Waals surface area contributed by atoms with Crippen LogP contribution in [0.1, 0.15) is 30.5 Å². The molecule has 0 spiro atoms. The van der Waals surface area contributed by atoms with E-state index in [9.17, 15) is 4.79 Å². The first-order valence-electron chi connectivity index (χ1n) is 9.75. The minimum Gasteiger partial charge on any atom is -0.481 e. The number of anilines is 1. The number of rotatable bonds is 4. The minimum atomic E-state index is -0.696. The number of aromatic nitrogens is 2. The van der Waals surface area contributed by atoms with Crippen LogP contribution in [0.25, 0.3) is 16.7 Å². The lowest BCUT2D eigenvalue weighted by Crippen LogP contribution is -2.34. The fraction of sp³-hybridized carbons (Fsp3) is 0.364. The Morgan fingerprint density at radius 1 is 1.17 bits per heavy atom. The molecule has 1 saturated heterocycles. The first-order chi connectivity index (χ1) is 13.8. The zero-order valence-electron chi connectivity index (χ0n) is 16.5. The number of carboxylic acid groups (broad SMARTS) is 1. The molecule has 2 aromatic heterocycles. The van der Waals surface area contributed by atoms with Gasteiger partial charge in [-0.25, -0.2) is 4.98 Å². The van der Waals surface area contributed by atoms with Gasteiger partial charge in [-0.2, -0.15) is 0 Å². The lowest BCUT2D eigenvalue weighted by molar-refractivity contribution is -0.138. The summed E-state index contributed by atoms with van der Waals surface area (Å²) in [5.41, 5.74) is 5.37. The number of piperidine rings is 1. The van der Waals surface area contributed by atoms with Gasteiger partial charge in [0.1, 0.15) is 5.65 Å². The fourth-order valence-electron chi connectivity index (χ4n) is 4.25. The molecule has 0 aliphatic carbocycles. The van der Waals surface area contributed by atoms with Gasteiger partial charge < -0.3 is 10.0 Å². The highest BCUT2D eigenvalue weighted by Crippen LogP contribution is 2.36. The van der Waals surface area contributed by atoms with Crippen molar-refractivity contribution in [2.24, 2.45) is 5.92 Å². The van der Waals surface area contributed by atoms with E-state index in [2.05, 4.69) is 66.6 Å². The second-order valence-electron chi connectivity index (χ2n) is 7.79. The molecule has 0 bridgehead atoms. The number of aliphatic carboxylic acids is 1. The van der Waals surface area contributed by atoms with Crippen molar-refractivity contribution in [3.63, 3.8) is 0 Å². The van der Waals surface area contributed by atoms with Gasteiger partial charge >= 0.3 is 5.97 Å². The van der Waals surface area contributed by atoms with Crippen molar-refractivity contribution in [1.82, 2.24) is 9.55 Å². The van der Waals surface area contributed by atoms with Crippen LogP contribution in [0.15, 0.2) is 39.4 Å². The first-order valence-corrected chi connectivity index (χ1v) is 11.3. The molecule has 152 valence electrons. The number of hydrogen-bond acceptors (Lipinski definition) is 3. The van der Waals surface area contributed by atoms with Crippen molar-refractivity contribution in [2.75, 3.05) is 18.0 Å². The van der Waals surface area contributed by atoms with Gasteiger partial charge in [-0.3, -0.25) is 9.36 Å². The highest BCUT2D eigenvalue weighted by Gasteiger charge is 2.24. The molecule has 1 aliphatic rings. The number of carbonyl (C=O) groups is 1. The zero-order chi connectivity index (χ0) is 20.7. The SMILES string of the molecule is Cc1cc(N2CCC(CC(=O)O)CC2)c2c(C)cn(-c3ccc(Br)cc3Br)c2n1. The average Bonchev–Trinajstić information content (AvgIpc) is 2.97. The largest absolute Gasteiger partial charge is 0.481 e. The number of hydrogen-bond donors (Lipinski definition) is 1. The molecule has 0 saturated carbocycles. The third-order valence-corrected chi connectivity index (χ3v) is 6.77. The highest BCUT2D eigenvalue weighted by molar-refractivity contribution is 9.11. The summed E-state index contributed by atoms with van der Waals surface area (Å²) in [5.74, 6) is -0.426. The topological polar surface area (TPSA) is 58.4 Å². The second kappa shape index (κ2) is 8.11. The molecule has 1 aromatic carbocycles. The van der Waals surface area contributed by atoms with Crippen molar-refractivity contribution >= 4 is 54.5 Å². The molecule has 3 heterocycles. The lowest BCUT2D eigenvalue weighted by atomic mass is 9.93. The van der Waals surface area contributed by atoms with Crippen LogP contribution in [0.4, 0.5) is 5.69 Å². The molecule has 0 unspecified atom stereocenters. The van der Waals surface area contributed by atoms with E-state index in [1.807, 2.05) is 19.1 Å². The smallest absolute Gasteiger partial charge is 0.303 e. The molecule has 5 nitrogen and oxygen atoms in total. The first kappa shape index (κ1) is 20.4.